The van der Waals surface area contributed by atoms with Crippen LogP contribution in [0.3, 0.4) is 0 Å². The molecule has 0 amide bonds. The first-order valence-corrected chi connectivity index (χ1v) is 7.15. The summed E-state index contributed by atoms with van der Waals surface area (Å²) in [6.07, 6.45) is 20.7. The van der Waals surface area contributed by atoms with Crippen LogP contribution in [0.1, 0.15) is 19.8 Å². The molecule has 0 saturated heterocycles. The van der Waals surface area contributed by atoms with Gasteiger partial charge in [0.05, 0.1) is 0 Å². The zero-order valence-corrected chi connectivity index (χ0v) is 11.7. The van der Waals surface area contributed by atoms with Gasteiger partial charge in [-0.05, 0) is 42.6 Å². The van der Waals surface area contributed by atoms with Crippen molar-refractivity contribution in [1.82, 2.24) is 5.32 Å². The third-order valence-corrected chi connectivity index (χ3v) is 4.26. The van der Waals surface area contributed by atoms with Crippen molar-refractivity contribution in [2.24, 2.45) is 11.8 Å². The van der Waals surface area contributed by atoms with E-state index in [2.05, 4.69) is 60.8 Å². The molecule has 2 atom stereocenters. The highest BCUT2D eigenvalue weighted by Gasteiger charge is 2.31. The molecule has 0 saturated carbocycles. The zero-order valence-electron chi connectivity index (χ0n) is 11.7. The normalized spacial score (nSPS) is 28.9. The summed E-state index contributed by atoms with van der Waals surface area (Å²) in [7, 11) is 2.00. The average Bonchev–Trinajstić information content (AvgIpc) is 2.47. The largest absolute Gasteiger partial charge is 0.388 e. The molecule has 3 aliphatic carbocycles. The smallest absolute Gasteiger partial charge is 0.0373 e. The van der Waals surface area contributed by atoms with Crippen molar-refractivity contribution in [3.63, 3.8) is 0 Å². The number of fused-ring (bicyclic) bond motifs is 2. The zero-order chi connectivity index (χ0) is 13.2. The SMILES string of the molecule is C/C=C\C1=C(NC)C=CC2C3=C(C=CC12)CCC=C3. The summed E-state index contributed by atoms with van der Waals surface area (Å²) in [6, 6.07) is 0. The predicted molar refractivity (Wildman–Crippen MR) is 81.6 cm³/mol. The fourth-order valence-electron chi connectivity index (χ4n) is 3.34. The van der Waals surface area contributed by atoms with E-state index in [4.69, 9.17) is 0 Å². The number of hydrogen-bond acceptors (Lipinski definition) is 1. The number of nitrogens with one attached hydrogen (secondary N) is 1. The first-order valence-electron chi connectivity index (χ1n) is 7.15. The molecule has 0 aromatic heterocycles. The number of hydrogen-bond donors (Lipinski definition) is 1. The van der Waals surface area contributed by atoms with Crippen molar-refractivity contribution >= 4 is 0 Å². The van der Waals surface area contributed by atoms with E-state index < -0.39 is 0 Å². The molecular formula is C18H21N. The molecule has 1 nitrogen and oxygen atoms in total. The quantitative estimate of drug-likeness (QED) is 0.780. The summed E-state index contributed by atoms with van der Waals surface area (Å²) in [5.74, 6) is 0.991. The number of allylic oxidation sites excluding steroid dienone is 11. The van der Waals surface area contributed by atoms with Gasteiger partial charge in [-0.2, -0.15) is 0 Å². The van der Waals surface area contributed by atoms with Gasteiger partial charge >= 0.3 is 0 Å². The minimum absolute atomic E-state index is 0.477. The summed E-state index contributed by atoms with van der Waals surface area (Å²) < 4.78 is 0. The van der Waals surface area contributed by atoms with Crippen LogP contribution in [0.2, 0.25) is 0 Å². The second kappa shape index (κ2) is 5.08. The highest BCUT2D eigenvalue weighted by Crippen LogP contribution is 2.42. The van der Waals surface area contributed by atoms with E-state index in [1.54, 1.807) is 0 Å². The third-order valence-electron chi connectivity index (χ3n) is 4.26. The van der Waals surface area contributed by atoms with Gasteiger partial charge in [0, 0.05) is 24.6 Å². The highest BCUT2D eigenvalue weighted by molar-refractivity contribution is 5.51. The first-order chi connectivity index (χ1) is 9.35. The van der Waals surface area contributed by atoms with Crippen LogP contribution < -0.4 is 5.32 Å². The van der Waals surface area contributed by atoms with Crippen molar-refractivity contribution in [1.29, 1.82) is 0 Å². The lowest BCUT2D eigenvalue weighted by molar-refractivity contribution is 0.588. The summed E-state index contributed by atoms with van der Waals surface area (Å²) in [6.45, 7) is 2.09. The Bertz CT molecular complexity index is 552. The Labute approximate surface area is 115 Å². The second-order valence-electron chi connectivity index (χ2n) is 5.31. The maximum Gasteiger partial charge on any atom is 0.0373 e. The van der Waals surface area contributed by atoms with E-state index in [9.17, 15) is 0 Å². The molecule has 0 bridgehead atoms. The molecule has 3 rings (SSSR count). The van der Waals surface area contributed by atoms with Crippen LogP contribution in [0.15, 0.2) is 71.0 Å². The molecule has 19 heavy (non-hydrogen) atoms. The molecule has 98 valence electrons. The van der Waals surface area contributed by atoms with Gasteiger partial charge < -0.3 is 5.32 Å². The topological polar surface area (TPSA) is 12.0 Å². The van der Waals surface area contributed by atoms with Gasteiger partial charge in [-0.15, -0.1) is 0 Å². The molecule has 0 fully saturated rings. The van der Waals surface area contributed by atoms with Crippen LogP contribution >= 0.6 is 0 Å². The van der Waals surface area contributed by atoms with Crippen LogP contribution in [0.5, 0.6) is 0 Å². The molecule has 3 aliphatic rings. The lowest BCUT2D eigenvalue weighted by Gasteiger charge is -2.34. The summed E-state index contributed by atoms with van der Waals surface area (Å²) in [4.78, 5) is 0. The van der Waals surface area contributed by atoms with Crippen molar-refractivity contribution in [2.45, 2.75) is 19.8 Å². The minimum atomic E-state index is 0.477. The Morgan fingerprint density at radius 1 is 1.16 bits per heavy atom. The van der Waals surface area contributed by atoms with E-state index in [0.717, 1.165) is 0 Å². The van der Waals surface area contributed by atoms with Gasteiger partial charge in [0.1, 0.15) is 0 Å². The summed E-state index contributed by atoms with van der Waals surface area (Å²) in [5.41, 5.74) is 5.69. The van der Waals surface area contributed by atoms with Gasteiger partial charge in [0.2, 0.25) is 0 Å². The van der Waals surface area contributed by atoms with Crippen molar-refractivity contribution in [3.8, 4) is 0 Å². The van der Waals surface area contributed by atoms with Gasteiger partial charge in [0.25, 0.3) is 0 Å². The Morgan fingerprint density at radius 2 is 2.00 bits per heavy atom. The molecule has 0 radical (unpaired) electrons. The van der Waals surface area contributed by atoms with Crippen LogP contribution in [0, 0.1) is 11.8 Å². The first kappa shape index (κ1) is 12.3. The Kier molecular flexibility index (Phi) is 3.29. The molecular weight excluding hydrogens is 230 g/mol. The van der Waals surface area contributed by atoms with E-state index in [0.29, 0.717) is 11.8 Å². The van der Waals surface area contributed by atoms with Crippen LogP contribution in [-0.4, -0.2) is 7.05 Å². The fourth-order valence-corrected chi connectivity index (χ4v) is 3.34. The van der Waals surface area contributed by atoms with Crippen molar-refractivity contribution in [3.05, 3.63) is 71.0 Å². The Balaban J connectivity index is 2.03. The third kappa shape index (κ3) is 2.03. The second-order valence-corrected chi connectivity index (χ2v) is 5.31. The van der Waals surface area contributed by atoms with Crippen molar-refractivity contribution in [2.75, 3.05) is 7.05 Å². The maximum absolute atomic E-state index is 3.32. The van der Waals surface area contributed by atoms with Gasteiger partial charge in [-0.3, -0.25) is 0 Å². The van der Waals surface area contributed by atoms with Crippen molar-refractivity contribution < 1.29 is 0 Å². The average molecular weight is 251 g/mol. The van der Waals surface area contributed by atoms with E-state index >= 15 is 0 Å². The molecule has 0 aliphatic heterocycles. The van der Waals surface area contributed by atoms with Crippen LogP contribution in [0.4, 0.5) is 0 Å². The van der Waals surface area contributed by atoms with E-state index in [1.807, 2.05) is 7.05 Å². The monoisotopic (exact) mass is 251 g/mol. The molecule has 2 unspecified atom stereocenters. The summed E-state index contributed by atoms with van der Waals surface area (Å²) in [5, 5.41) is 3.32. The lowest BCUT2D eigenvalue weighted by Crippen LogP contribution is -2.25. The lowest BCUT2D eigenvalue weighted by atomic mass is 9.71. The maximum atomic E-state index is 3.32. The summed E-state index contributed by atoms with van der Waals surface area (Å²) >= 11 is 0. The van der Waals surface area contributed by atoms with Crippen LogP contribution in [0.25, 0.3) is 0 Å². The van der Waals surface area contributed by atoms with Crippen LogP contribution in [-0.2, 0) is 0 Å². The molecule has 0 heterocycles. The minimum Gasteiger partial charge on any atom is -0.388 e. The molecule has 1 N–H and O–H groups in total. The standard InChI is InChI=1S/C18H21N/c1-3-6-17-16-10-9-13-7-4-5-8-14(13)15(16)11-12-18(17)19-2/h3,5-6,8-12,15-16,19H,4,7H2,1-2H3/b6-3-. The van der Waals surface area contributed by atoms with Gasteiger partial charge in [-0.25, -0.2) is 0 Å². The molecule has 1 heteroatoms. The van der Waals surface area contributed by atoms with Gasteiger partial charge in [-0.1, -0.05) is 42.5 Å². The molecule has 0 spiro atoms. The fraction of sp³-hybridized carbons (Fsp3) is 0.333. The van der Waals surface area contributed by atoms with E-state index in [-0.39, 0.29) is 0 Å². The Hall–Kier alpha value is -1.76. The highest BCUT2D eigenvalue weighted by atomic mass is 14.8. The van der Waals surface area contributed by atoms with E-state index in [1.165, 1.54) is 35.3 Å². The molecule has 0 aromatic rings. The Morgan fingerprint density at radius 3 is 2.79 bits per heavy atom. The number of rotatable bonds is 2. The predicted octanol–water partition coefficient (Wildman–Crippen LogP) is 4.05. The van der Waals surface area contributed by atoms with Gasteiger partial charge in [0.15, 0.2) is 0 Å². The molecule has 0 aromatic carbocycles. The number of likely N-dealkylation sites (N-methyl/N-ethyl adjacent to an activating group) is 1.